The number of fused-ring (bicyclic) bond motifs is 3. The molecule has 0 radical (unpaired) electrons. The first-order valence-corrected chi connectivity index (χ1v) is 9.14. The van der Waals surface area contributed by atoms with Crippen LogP contribution >= 0.6 is 0 Å². The summed E-state index contributed by atoms with van der Waals surface area (Å²) in [5.74, 6) is 0.943. The second-order valence-corrected chi connectivity index (χ2v) is 9.33. The fourth-order valence-electron chi connectivity index (χ4n) is 6.79. The van der Waals surface area contributed by atoms with Crippen molar-refractivity contribution >= 4 is 5.78 Å². The van der Waals surface area contributed by atoms with Gasteiger partial charge in [0.25, 0.3) is 0 Å². The van der Waals surface area contributed by atoms with Crippen LogP contribution in [0.15, 0.2) is 23.3 Å². The number of carbonyl (C=O) groups excluding carboxylic acids is 1. The molecule has 0 aromatic rings. The van der Waals surface area contributed by atoms with Gasteiger partial charge in [-0.25, -0.2) is 0 Å². The van der Waals surface area contributed by atoms with Gasteiger partial charge in [-0.15, -0.1) is 0 Å². The SMILES string of the molecule is CC1=C[C@]23C(=O)[C@@H](C=C(CO)[C@@H](O)[C@@]24O[C@@H]14)C1C(C[C@H]3C)C1(C)C. The fourth-order valence-corrected chi connectivity index (χ4v) is 6.79. The van der Waals surface area contributed by atoms with E-state index in [-0.39, 0.29) is 35.7 Å². The number of aliphatic hydroxyl groups is 2. The molecule has 4 heteroatoms. The molecule has 24 heavy (non-hydrogen) atoms. The molecule has 2 saturated carbocycles. The molecule has 4 aliphatic carbocycles. The summed E-state index contributed by atoms with van der Waals surface area (Å²) >= 11 is 0. The normalized spacial score (nSPS) is 56.2. The maximum Gasteiger partial charge on any atom is 0.153 e. The molecule has 4 nitrogen and oxygen atoms in total. The van der Waals surface area contributed by atoms with Crippen LogP contribution in [-0.2, 0) is 9.53 Å². The average molecular weight is 330 g/mol. The molecule has 2 N–H and O–H groups in total. The van der Waals surface area contributed by atoms with Crippen molar-refractivity contribution in [2.45, 2.75) is 51.9 Å². The standard InChI is InChI=1S/C20H26O4/c1-9-7-19-10(2)5-13-14(18(13,3)4)12(16(19)23)6-11(8-21)15(22)20(19)17(9)24-20/h6-7,10,12-15,17,21-22H,5,8H2,1-4H3/t10-,12+,13?,14?,15-,17+,19+,20+/m1/s1. The first kappa shape index (κ1) is 15.3. The highest BCUT2D eigenvalue weighted by molar-refractivity contribution is 5.96. The van der Waals surface area contributed by atoms with Crippen molar-refractivity contribution in [2.24, 2.45) is 34.5 Å². The molecule has 8 atom stereocenters. The zero-order valence-electron chi connectivity index (χ0n) is 14.7. The topological polar surface area (TPSA) is 70.1 Å². The van der Waals surface area contributed by atoms with Crippen LogP contribution in [0.4, 0.5) is 0 Å². The van der Waals surface area contributed by atoms with Crippen molar-refractivity contribution in [2.75, 3.05) is 6.61 Å². The van der Waals surface area contributed by atoms with Gasteiger partial charge in [0.05, 0.1) is 12.0 Å². The Hall–Kier alpha value is -0.970. The molecule has 1 aliphatic heterocycles. The van der Waals surface area contributed by atoms with E-state index in [4.69, 9.17) is 4.74 Å². The Kier molecular flexibility index (Phi) is 2.58. The van der Waals surface area contributed by atoms with E-state index in [1.54, 1.807) is 0 Å². The molecule has 1 heterocycles. The predicted molar refractivity (Wildman–Crippen MR) is 88.0 cm³/mol. The van der Waals surface area contributed by atoms with Crippen LogP contribution in [0.1, 0.15) is 34.1 Å². The van der Waals surface area contributed by atoms with E-state index >= 15 is 0 Å². The van der Waals surface area contributed by atoms with Gasteiger partial charge >= 0.3 is 0 Å². The zero-order valence-corrected chi connectivity index (χ0v) is 14.7. The van der Waals surface area contributed by atoms with Crippen molar-refractivity contribution in [3.05, 3.63) is 23.3 Å². The number of carbonyl (C=O) groups is 1. The lowest BCUT2D eigenvalue weighted by atomic mass is 9.61. The Balaban J connectivity index is 1.76. The van der Waals surface area contributed by atoms with Crippen molar-refractivity contribution < 1.29 is 19.7 Å². The van der Waals surface area contributed by atoms with Gasteiger partial charge in [0, 0.05) is 5.92 Å². The van der Waals surface area contributed by atoms with E-state index in [9.17, 15) is 15.0 Å². The van der Waals surface area contributed by atoms with Crippen LogP contribution < -0.4 is 0 Å². The summed E-state index contributed by atoms with van der Waals surface area (Å²) in [6.45, 7) is 8.43. The molecule has 0 amide bonds. The van der Waals surface area contributed by atoms with Crippen LogP contribution in [0.5, 0.6) is 0 Å². The van der Waals surface area contributed by atoms with Crippen LogP contribution in [0.25, 0.3) is 0 Å². The van der Waals surface area contributed by atoms with E-state index in [1.165, 1.54) is 0 Å². The van der Waals surface area contributed by atoms with Crippen molar-refractivity contribution in [1.82, 2.24) is 0 Å². The quantitative estimate of drug-likeness (QED) is 0.569. The third-order valence-electron chi connectivity index (χ3n) is 8.12. The summed E-state index contributed by atoms with van der Waals surface area (Å²) in [5, 5.41) is 21.0. The van der Waals surface area contributed by atoms with E-state index in [2.05, 4.69) is 26.8 Å². The molecule has 2 bridgehead atoms. The Morgan fingerprint density at radius 3 is 2.71 bits per heavy atom. The third kappa shape index (κ3) is 1.32. The van der Waals surface area contributed by atoms with Crippen LogP contribution in [-0.4, -0.2) is 40.4 Å². The molecule has 3 fully saturated rings. The van der Waals surface area contributed by atoms with Gasteiger partial charge in [-0.2, -0.15) is 0 Å². The van der Waals surface area contributed by atoms with Gasteiger partial charge in [-0.05, 0) is 47.7 Å². The van der Waals surface area contributed by atoms with Crippen LogP contribution in [0.3, 0.4) is 0 Å². The zero-order chi connectivity index (χ0) is 17.2. The monoisotopic (exact) mass is 330 g/mol. The minimum atomic E-state index is -0.906. The molecular weight excluding hydrogens is 304 g/mol. The highest BCUT2D eigenvalue weighted by Crippen LogP contribution is 2.75. The lowest BCUT2D eigenvalue weighted by Gasteiger charge is -2.40. The summed E-state index contributed by atoms with van der Waals surface area (Å²) in [4.78, 5) is 13.8. The van der Waals surface area contributed by atoms with Gasteiger partial charge < -0.3 is 14.9 Å². The van der Waals surface area contributed by atoms with E-state index in [1.807, 2.05) is 13.0 Å². The Morgan fingerprint density at radius 1 is 1.38 bits per heavy atom. The van der Waals surface area contributed by atoms with Crippen molar-refractivity contribution in [3.8, 4) is 0 Å². The molecule has 0 aromatic heterocycles. The summed E-state index contributed by atoms with van der Waals surface area (Å²) in [6, 6.07) is 0. The van der Waals surface area contributed by atoms with Gasteiger partial charge in [-0.3, -0.25) is 4.79 Å². The largest absolute Gasteiger partial charge is 0.392 e. The molecule has 5 aliphatic rings. The number of hydrogen-bond donors (Lipinski definition) is 2. The number of epoxide rings is 1. The number of allylic oxidation sites excluding steroid dienone is 1. The Morgan fingerprint density at radius 2 is 2.08 bits per heavy atom. The highest BCUT2D eigenvalue weighted by Gasteiger charge is 2.83. The number of rotatable bonds is 1. The minimum absolute atomic E-state index is 0.132. The predicted octanol–water partition coefficient (Wildman–Crippen LogP) is 1.86. The van der Waals surface area contributed by atoms with Crippen LogP contribution in [0, 0.1) is 34.5 Å². The maximum absolute atomic E-state index is 13.8. The number of hydrogen-bond acceptors (Lipinski definition) is 4. The van der Waals surface area contributed by atoms with E-state index < -0.39 is 17.1 Å². The Bertz CT molecular complexity index is 719. The highest BCUT2D eigenvalue weighted by atomic mass is 16.6. The second-order valence-electron chi connectivity index (χ2n) is 9.33. The van der Waals surface area contributed by atoms with Gasteiger partial charge in [0.15, 0.2) is 5.78 Å². The molecule has 1 saturated heterocycles. The molecule has 0 aromatic carbocycles. The minimum Gasteiger partial charge on any atom is -0.392 e. The first-order valence-electron chi connectivity index (χ1n) is 9.14. The van der Waals surface area contributed by atoms with E-state index in [0.717, 1.165) is 12.0 Å². The maximum atomic E-state index is 13.8. The third-order valence-corrected chi connectivity index (χ3v) is 8.12. The number of ether oxygens (including phenoxy) is 1. The first-order chi connectivity index (χ1) is 11.2. The van der Waals surface area contributed by atoms with Crippen molar-refractivity contribution in [3.63, 3.8) is 0 Å². The Labute approximate surface area is 142 Å². The summed E-state index contributed by atoms with van der Waals surface area (Å²) < 4.78 is 6.06. The molecule has 5 rings (SSSR count). The molecule has 2 spiro atoms. The number of aliphatic hydroxyl groups excluding tert-OH is 2. The van der Waals surface area contributed by atoms with Gasteiger partial charge in [-0.1, -0.05) is 32.9 Å². The summed E-state index contributed by atoms with van der Waals surface area (Å²) in [7, 11) is 0. The van der Waals surface area contributed by atoms with Gasteiger partial charge in [0.1, 0.15) is 17.8 Å². The van der Waals surface area contributed by atoms with Gasteiger partial charge in [0.2, 0.25) is 0 Å². The lowest BCUT2D eigenvalue weighted by molar-refractivity contribution is -0.138. The average Bonchev–Trinajstić information content (AvgIpc) is 3.37. The number of ketones is 1. The molecular formula is C20H26O4. The lowest BCUT2D eigenvalue weighted by Crippen LogP contribution is -2.54. The summed E-state index contributed by atoms with van der Waals surface area (Å²) in [5.41, 5.74) is 0.149. The smallest absolute Gasteiger partial charge is 0.153 e. The van der Waals surface area contributed by atoms with E-state index in [0.29, 0.717) is 17.4 Å². The number of Topliss-reactive ketones (excluding diaryl/α,β-unsaturated/α-hetero) is 1. The van der Waals surface area contributed by atoms with Crippen molar-refractivity contribution in [1.29, 1.82) is 0 Å². The fraction of sp³-hybridized carbons (Fsp3) is 0.750. The summed E-state index contributed by atoms with van der Waals surface area (Å²) in [6.07, 6.45) is 3.90. The molecule has 2 unspecified atom stereocenters. The second kappa shape index (κ2) is 4.05. The van der Waals surface area contributed by atoms with Crippen LogP contribution in [0.2, 0.25) is 0 Å². The molecule has 130 valence electrons.